The zero-order valence-corrected chi connectivity index (χ0v) is 10.8. The molecule has 0 aliphatic heterocycles. The Balaban J connectivity index is 2.76. The highest BCUT2D eigenvalue weighted by Crippen LogP contribution is 2.56. The molecular formula is C14H11F5O2. The molecule has 0 amide bonds. The van der Waals surface area contributed by atoms with Crippen LogP contribution in [0.2, 0.25) is 0 Å². The lowest BCUT2D eigenvalue weighted by molar-refractivity contribution is -0.233. The highest BCUT2D eigenvalue weighted by molar-refractivity contribution is 5.85. The van der Waals surface area contributed by atoms with Crippen molar-refractivity contribution in [2.75, 3.05) is 7.11 Å². The minimum absolute atomic E-state index is 0.123. The second-order valence-corrected chi connectivity index (χ2v) is 4.61. The number of methoxy groups -OCH3 is 1. The fraction of sp³-hybridized carbons (Fsp3) is 0.357. The van der Waals surface area contributed by atoms with Gasteiger partial charge in [-0.3, -0.25) is 0 Å². The highest BCUT2D eigenvalue weighted by Gasteiger charge is 2.76. The lowest BCUT2D eigenvalue weighted by Gasteiger charge is -2.44. The van der Waals surface area contributed by atoms with E-state index >= 15 is 4.39 Å². The largest absolute Gasteiger partial charge is 0.466 e. The molecule has 0 heterocycles. The molecule has 0 saturated heterocycles. The maximum atomic E-state index is 15.1. The van der Waals surface area contributed by atoms with Gasteiger partial charge < -0.3 is 4.74 Å². The van der Waals surface area contributed by atoms with Crippen molar-refractivity contribution in [3.63, 3.8) is 0 Å². The predicted molar refractivity (Wildman–Crippen MR) is 64.1 cm³/mol. The summed E-state index contributed by atoms with van der Waals surface area (Å²) in [4.78, 5) is 11.5. The molecule has 3 unspecified atom stereocenters. The van der Waals surface area contributed by atoms with Crippen molar-refractivity contribution in [3.05, 3.63) is 48.0 Å². The molecule has 0 radical (unpaired) electrons. The number of carbonyl (C=O) groups excluding carboxylic acids is 1. The van der Waals surface area contributed by atoms with Gasteiger partial charge in [-0.1, -0.05) is 30.3 Å². The van der Waals surface area contributed by atoms with Gasteiger partial charge >= 0.3 is 11.9 Å². The lowest BCUT2D eigenvalue weighted by atomic mass is 9.71. The van der Waals surface area contributed by atoms with Gasteiger partial charge in [-0.15, -0.1) is 0 Å². The molecule has 0 spiro atoms. The third kappa shape index (κ3) is 1.86. The number of allylic oxidation sites excluding steroid dienone is 1. The summed E-state index contributed by atoms with van der Waals surface area (Å²) in [5, 5.41) is 0. The summed E-state index contributed by atoms with van der Waals surface area (Å²) in [7, 11) is 0.725. The van der Waals surface area contributed by atoms with Gasteiger partial charge in [-0.05, 0) is 17.7 Å². The van der Waals surface area contributed by atoms with Crippen LogP contribution in [-0.2, 0) is 15.2 Å². The van der Waals surface area contributed by atoms with E-state index in [1.54, 1.807) is 0 Å². The minimum Gasteiger partial charge on any atom is -0.466 e. The average Bonchev–Trinajstić information content (AvgIpc) is 2.49. The summed E-state index contributed by atoms with van der Waals surface area (Å²) < 4.78 is 75.6. The van der Waals surface area contributed by atoms with Crippen LogP contribution in [0.1, 0.15) is 5.56 Å². The van der Waals surface area contributed by atoms with E-state index in [1.165, 1.54) is 18.2 Å². The van der Waals surface area contributed by atoms with Gasteiger partial charge in [-0.2, -0.15) is 8.78 Å². The van der Waals surface area contributed by atoms with Crippen LogP contribution in [0.5, 0.6) is 0 Å². The SMILES string of the molecule is COC(=O)C1(F)C=CC(F)C(F)(F)C1(F)c1ccccc1. The smallest absolute Gasteiger partial charge is 0.351 e. The van der Waals surface area contributed by atoms with Crippen molar-refractivity contribution in [1.29, 1.82) is 0 Å². The van der Waals surface area contributed by atoms with E-state index in [9.17, 15) is 22.4 Å². The summed E-state index contributed by atoms with van der Waals surface area (Å²) in [6.45, 7) is 0. The fourth-order valence-corrected chi connectivity index (χ4v) is 2.31. The second-order valence-electron chi connectivity index (χ2n) is 4.61. The normalized spacial score (nSPS) is 34.5. The predicted octanol–water partition coefficient (Wildman–Crippen LogP) is 3.28. The number of benzene rings is 1. The first-order valence-electron chi connectivity index (χ1n) is 5.95. The van der Waals surface area contributed by atoms with Crippen LogP contribution in [0.25, 0.3) is 0 Å². The number of esters is 1. The standard InChI is InChI=1S/C14H11F5O2/c1-21-11(20)12(16)8-7-10(15)14(18,19)13(12,17)9-5-3-2-4-6-9/h2-8,10H,1H3. The van der Waals surface area contributed by atoms with Crippen LogP contribution in [-0.4, -0.2) is 30.8 Å². The number of halogens is 5. The minimum atomic E-state index is -4.79. The molecule has 1 aromatic rings. The molecular weight excluding hydrogens is 295 g/mol. The third-order valence-corrected chi connectivity index (χ3v) is 3.46. The van der Waals surface area contributed by atoms with Crippen LogP contribution in [0.3, 0.4) is 0 Å². The summed E-state index contributed by atoms with van der Waals surface area (Å²) in [5.41, 5.74) is -8.91. The van der Waals surface area contributed by atoms with E-state index < -0.39 is 35.0 Å². The van der Waals surface area contributed by atoms with Crippen molar-refractivity contribution in [1.82, 2.24) is 0 Å². The molecule has 114 valence electrons. The number of carbonyl (C=O) groups is 1. The molecule has 0 N–H and O–H groups in total. The molecule has 0 fully saturated rings. The van der Waals surface area contributed by atoms with Gasteiger partial charge in [0.1, 0.15) is 0 Å². The fourth-order valence-electron chi connectivity index (χ4n) is 2.31. The molecule has 0 aromatic heterocycles. The Kier molecular flexibility index (Phi) is 3.55. The summed E-state index contributed by atoms with van der Waals surface area (Å²) >= 11 is 0. The molecule has 1 aliphatic rings. The zero-order chi connectivity index (χ0) is 15.9. The van der Waals surface area contributed by atoms with Crippen LogP contribution in [0.15, 0.2) is 42.5 Å². The number of alkyl halides is 5. The molecule has 0 saturated carbocycles. The Morgan fingerprint density at radius 1 is 1.14 bits per heavy atom. The van der Waals surface area contributed by atoms with Crippen molar-refractivity contribution in [3.8, 4) is 0 Å². The first kappa shape index (κ1) is 15.5. The van der Waals surface area contributed by atoms with Gasteiger partial charge in [0.2, 0.25) is 5.67 Å². The van der Waals surface area contributed by atoms with Crippen molar-refractivity contribution >= 4 is 5.97 Å². The molecule has 1 aromatic carbocycles. The van der Waals surface area contributed by atoms with Gasteiger partial charge in [0, 0.05) is 0 Å². The monoisotopic (exact) mass is 306 g/mol. The first-order chi connectivity index (χ1) is 9.71. The number of rotatable bonds is 2. The highest BCUT2D eigenvalue weighted by atomic mass is 19.3. The maximum Gasteiger partial charge on any atom is 0.351 e. The quantitative estimate of drug-likeness (QED) is 0.476. The average molecular weight is 306 g/mol. The van der Waals surface area contributed by atoms with Crippen LogP contribution in [0, 0.1) is 0 Å². The molecule has 2 nitrogen and oxygen atoms in total. The Bertz CT molecular complexity index is 574. The van der Waals surface area contributed by atoms with E-state index in [0.717, 1.165) is 19.2 Å². The van der Waals surface area contributed by atoms with Gasteiger partial charge in [0.15, 0.2) is 6.17 Å². The molecule has 7 heteroatoms. The van der Waals surface area contributed by atoms with E-state index in [0.29, 0.717) is 0 Å². The van der Waals surface area contributed by atoms with Gasteiger partial charge in [0.05, 0.1) is 7.11 Å². The summed E-state index contributed by atoms with van der Waals surface area (Å²) in [5.74, 6) is -6.65. The molecule has 21 heavy (non-hydrogen) atoms. The van der Waals surface area contributed by atoms with E-state index in [2.05, 4.69) is 4.74 Å². The van der Waals surface area contributed by atoms with Crippen molar-refractivity contribution < 1.29 is 31.5 Å². The Labute approximate surface area is 117 Å². The summed E-state index contributed by atoms with van der Waals surface area (Å²) in [6.07, 6.45) is -2.80. The number of hydrogen-bond donors (Lipinski definition) is 0. The second kappa shape index (κ2) is 4.82. The first-order valence-corrected chi connectivity index (χ1v) is 5.95. The van der Waals surface area contributed by atoms with Crippen LogP contribution < -0.4 is 0 Å². The maximum absolute atomic E-state index is 15.1. The summed E-state index contributed by atoms with van der Waals surface area (Å²) in [6, 6.07) is 5.45. The topological polar surface area (TPSA) is 26.3 Å². The lowest BCUT2D eigenvalue weighted by Crippen LogP contribution is -2.65. The zero-order valence-electron chi connectivity index (χ0n) is 10.8. The van der Waals surface area contributed by atoms with E-state index in [-0.39, 0.29) is 12.2 Å². The van der Waals surface area contributed by atoms with Gasteiger partial charge in [-0.25, -0.2) is 18.0 Å². The van der Waals surface area contributed by atoms with Crippen molar-refractivity contribution in [2.24, 2.45) is 0 Å². The Morgan fingerprint density at radius 3 is 2.24 bits per heavy atom. The van der Waals surface area contributed by atoms with Gasteiger partial charge in [0.25, 0.3) is 5.67 Å². The van der Waals surface area contributed by atoms with Crippen molar-refractivity contribution in [2.45, 2.75) is 23.4 Å². The third-order valence-electron chi connectivity index (χ3n) is 3.46. The van der Waals surface area contributed by atoms with E-state index in [1.807, 2.05) is 0 Å². The Hall–Kier alpha value is -1.92. The van der Waals surface area contributed by atoms with Crippen LogP contribution in [0.4, 0.5) is 22.0 Å². The number of hydrogen-bond acceptors (Lipinski definition) is 2. The number of ether oxygens (including phenoxy) is 1. The Morgan fingerprint density at radius 2 is 1.71 bits per heavy atom. The molecule has 1 aliphatic carbocycles. The molecule has 2 rings (SSSR count). The molecule has 3 atom stereocenters. The van der Waals surface area contributed by atoms with Crippen LogP contribution >= 0.6 is 0 Å². The molecule has 0 bridgehead atoms. The van der Waals surface area contributed by atoms with E-state index in [4.69, 9.17) is 0 Å².